The van der Waals surface area contributed by atoms with Crippen LogP contribution in [0.5, 0.6) is 0 Å². The third-order valence-electron chi connectivity index (χ3n) is 2.67. The van der Waals surface area contributed by atoms with E-state index in [4.69, 9.17) is 4.55 Å². The molecule has 1 heterocycles. The molecule has 0 spiro atoms. The van der Waals surface area contributed by atoms with Gasteiger partial charge in [-0.15, -0.1) is 0 Å². The molecule has 4 nitrogen and oxygen atoms in total. The van der Waals surface area contributed by atoms with Crippen molar-refractivity contribution in [2.75, 3.05) is 0 Å². The van der Waals surface area contributed by atoms with E-state index < -0.39 is 52.7 Å². The van der Waals surface area contributed by atoms with Gasteiger partial charge in [0, 0.05) is 25.2 Å². The lowest BCUT2D eigenvalue weighted by Gasteiger charge is -2.30. The molecule has 0 fully saturated rings. The quantitative estimate of drug-likeness (QED) is 0.541. The zero-order valence-electron chi connectivity index (χ0n) is 12.5. The fourth-order valence-electron chi connectivity index (χ4n) is 1.36. The Morgan fingerprint density at radius 2 is 1.27 bits per heavy atom. The summed E-state index contributed by atoms with van der Waals surface area (Å²) < 4.78 is 139. The first-order chi connectivity index (χ1) is 11.5. The fraction of sp³-hybridized carbons (Fsp3) is 0.583. The average Bonchev–Trinajstić information content (AvgIpc) is 2.46. The number of hydrogen-bond donors (Lipinski definition) is 1. The van der Waals surface area contributed by atoms with Crippen LogP contribution in [0.4, 0.5) is 39.5 Å². The minimum absolute atomic E-state index is 1.63. The molecule has 0 bridgehead atoms. The van der Waals surface area contributed by atoms with E-state index in [-0.39, 0.29) is 0 Å². The van der Waals surface area contributed by atoms with Gasteiger partial charge in [0.1, 0.15) is 0 Å². The molecule has 0 amide bonds. The Morgan fingerprint density at radius 1 is 0.808 bits per heavy atom. The molecule has 0 atom stereocenters. The van der Waals surface area contributed by atoms with Crippen molar-refractivity contribution in [2.24, 2.45) is 0 Å². The molecule has 0 aliphatic carbocycles. The summed E-state index contributed by atoms with van der Waals surface area (Å²) in [6.45, 7) is 0. The minimum Gasteiger partial charge on any atom is -0.281 e. The van der Waals surface area contributed by atoms with Gasteiger partial charge in [0.15, 0.2) is 0 Å². The first-order valence-electron chi connectivity index (χ1n) is 6.48. The van der Waals surface area contributed by atoms with Crippen LogP contribution in [0.2, 0.25) is 0 Å². The van der Waals surface area contributed by atoms with E-state index in [1.807, 2.05) is 18.2 Å². The van der Waals surface area contributed by atoms with Gasteiger partial charge in [0.25, 0.3) is 0 Å². The van der Waals surface area contributed by atoms with Crippen molar-refractivity contribution in [3.8, 4) is 0 Å². The summed E-state index contributed by atoms with van der Waals surface area (Å²) in [7, 11) is -6.88. The highest BCUT2D eigenvalue weighted by atomic mass is 32.2. The van der Waals surface area contributed by atoms with Crippen LogP contribution in [0.25, 0.3) is 0 Å². The van der Waals surface area contributed by atoms with Crippen molar-refractivity contribution in [1.29, 1.82) is 0 Å². The van der Waals surface area contributed by atoms with Crippen molar-refractivity contribution in [2.45, 2.75) is 42.5 Å². The molecule has 0 radical (unpaired) electrons. The second kappa shape index (κ2) is 8.41. The molecule has 152 valence electrons. The summed E-state index contributed by atoms with van der Waals surface area (Å²) in [5.41, 5.74) is 0. The maximum atomic E-state index is 12.8. The SMILES string of the molecule is O=S(=O)(O)C(F)(F)C(F)(F)C(F)(F)CCCC(F)(F)F.c1ccncc1. The summed E-state index contributed by atoms with van der Waals surface area (Å²) in [5.74, 6) is -12.3. The van der Waals surface area contributed by atoms with Gasteiger partial charge >= 0.3 is 33.4 Å². The van der Waals surface area contributed by atoms with E-state index in [1.54, 1.807) is 12.4 Å². The molecule has 1 aromatic rings. The zero-order chi connectivity index (χ0) is 20.9. The van der Waals surface area contributed by atoms with Gasteiger partial charge in [-0.05, 0) is 18.6 Å². The van der Waals surface area contributed by atoms with E-state index in [9.17, 15) is 47.9 Å². The number of hydrogen-bond acceptors (Lipinski definition) is 3. The minimum atomic E-state index is -6.88. The van der Waals surface area contributed by atoms with Gasteiger partial charge in [-0.25, -0.2) is 0 Å². The maximum Gasteiger partial charge on any atom is 0.437 e. The van der Waals surface area contributed by atoms with E-state index in [2.05, 4.69) is 4.98 Å². The summed E-state index contributed by atoms with van der Waals surface area (Å²) >= 11 is 0. The average molecular weight is 421 g/mol. The molecule has 0 aromatic carbocycles. The molecule has 0 saturated carbocycles. The van der Waals surface area contributed by atoms with E-state index >= 15 is 0 Å². The summed E-state index contributed by atoms with van der Waals surface area (Å²) in [6, 6.07) is 5.72. The van der Waals surface area contributed by atoms with Crippen molar-refractivity contribution in [1.82, 2.24) is 4.98 Å². The van der Waals surface area contributed by atoms with Crippen LogP contribution in [-0.2, 0) is 10.1 Å². The molecule has 0 aliphatic heterocycles. The second-order valence-electron chi connectivity index (χ2n) is 4.76. The number of nitrogens with zero attached hydrogens (tertiary/aromatic N) is 1. The molecule has 1 aromatic heterocycles. The zero-order valence-corrected chi connectivity index (χ0v) is 13.3. The molecule has 1 N–H and O–H groups in total. The van der Waals surface area contributed by atoms with Gasteiger partial charge < -0.3 is 0 Å². The van der Waals surface area contributed by atoms with Crippen LogP contribution < -0.4 is 0 Å². The number of rotatable bonds is 6. The van der Waals surface area contributed by atoms with Crippen molar-refractivity contribution in [3.05, 3.63) is 30.6 Å². The number of alkyl halides is 9. The van der Waals surface area contributed by atoms with Crippen LogP contribution in [0.3, 0.4) is 0 Å². The molecule has 0 unspecified atom stereocenters. The van der Waals surface area contributed by atoms with E-state index in [0.29, 0.717) is 0 Å². The molecular formula is C12H12F9NO3S. The summed E-state index contributed by atoms with van der Waals surface area (Å²) in [4.78, 5) is 3.78. The Balaban J connectivity index is 0.000000867. The summed E-state index contributed by atoms with van der Waals surface area (Å²) in [6.07, 6.45) is -7.40. The third-order valence-corrected chi connectivity index (χ3v) is 3.57. The molecule has 1 rings (SSSR count). The third kappa shape index (κ3) is 6.63. The predicted octanol–water partition coefficient (Wildman–Crippen LogP) is 4.55. The van der Waals surface area contributed by atoms with Gasteiger partial charge in [0.05, 0.1) is 0 Å². The fourth-order valence-corrected chi connectivity index (χ4v) is 1.83. The van der Waals surface area contributed by atoms with Crippen LogP contribution in [0.1, 0.15) is 19.3 Å². The van der Waals surface area contributed by atoms with E-state index in [1.165, 1.54) is 0 Å². The van der Waals surface area contributed by atoms with E-state index in [0.717, 1.165) is 0 Å². The molecular weight excluding hydrogens is 409 g/mol. The lowest BCUT2D eigenvalue weighted by Crippen LogP contribution is -2.57. The molecule has 0 aliphatic rings. The Bertz CT molecular complexity index is 621. The smallest absolute Gasteiger partial charge is 0.281 e. The Hall–Kier alpha value is -1.57. The lowest BCUT2D eigenvalue weighted by molar-refractivity contribution is -0.284. The Kier molecular flexibility index (Phi) is 7.91. The standard InChI is InChI=1S/C7H7F9O3S.C5H5N/c8-4(9,2-1-3-5(10,11)12)6(13,14)7(15,16)20(17,18)19;1-2-4-6-5-3-1/h1-3H2,(H,17,18,19);1-5H. The predicted molar refractivity (Wildman–Crippen MR) is 70.5 cm³/mol. The van der Waals surface area contributed by atoms with Crippen molar-refractivity contribution >= 4 is 10.1 Å². The molecule has 26 heavy (non-hydrogen) atoms. The van der Waals surface area contributed by atoms with Gasteiger partial charge in [-0.2, -0.15) is 47.9 Å². The van der Waals surface area contributed by atoms with Crippen LogP contribution in [-0.4, -0.2) is 41.2 Å². The Labute approximate surface area is 141 Å². The highest BCUT2D eigenvalue weighted by molar-refractivity contribution is 7.87. The first-order valence-corrected chi connectivity index (χ1v) is 7.92. The largest absolute Gasteiger partial charge is 0.437 e. The summed E-state index contributed by atoms with van der Waals surface area (Å²) in [5, 5.41) is -6.54. The van der Waals surface area contributed by atoms with Crippen molar-refractivity contribution in [3.63, 3.8) is 0 Å². The van der Waals surface area contributed by atoms with Crippen LogP contribution in [0, 0.1) is 0 Å². The van der Waals surface area contributed by atoms with Crippen LogP contribution in [0.15, 0.2) is 30.6 Å². The number of halogens is 9. The van der Waals surface area contributed by atoms with Gasteiger partial charge in [-0.3, -0.25) is 9.54 Å². The van der Waals surface area contributed by atoms with Crippen LogP contribution >= 0.6 is 0 Å². The topological polar surface area (TPSA) is 67.3 Å². The van der Waals surface area contributed by atoms with Crippen molar-refractivity contribution < 1.29 is 52.5 Å². The van der Waals surface area contributed by atoms with Gasteiger partial charge in [0.2, 0.25) is 0 Å². The van der Waals surface area contributed by atoms with Gasteiger partial charge in [-0.1, -0.05) is 6.07 Å². The normalized spacial score (nSPS) is 13.8. The maximum absolute atomic E-state index is 12.8. The number of pyridine rings is 1. The molecule has 0 saturated heterocycles. The highest BCUT2D eigenvalue weighted by Gasteiger charge is 2.76. The highest BCUT2D eigenvalue weighted by Crippen LogP contribution is 2.50. The first kappa shape index (κ1) is 24.4. The molecule has 14 heteroatoms. The Morgan fingerprint density at radius 3 is 1.54 bits per heavy atom. The lowest BCUT2D eigenvalue weighted by atomic mass is 10.0. The second-order valence-corrected chi connectivity index (χ2v) is 6.23. The number of aromatic nitrogens is 1. The monoisotopic (exact) mass is 421 g/mol.